The third-order valence-electron chi connectivity index (χ3n) is 3.88. The number of nitrogens with zero attached hydrogens (tertiary/aromatic N) is 2. The Morgan fingerprint density at radius 1 is 1.28 bits per heavy atom. The number of halogens is 3. The molecule has 136 valence electrons. The molecule has 1 saturated heterocycles. The lowest BCUT2D eigenvalue weighted by Gasteiger charge is -2.21. The van der Waals surface area contributed by atoms with Crippen LogP contribution in [0.25, 0.3) is 0 Å². The van der Waals surface area contributed by atoms with Crippen LogP contribution in [-0.4, -0.2) is 47.9 Å². The molecule has 0 bridgehead atoms. The number of benzene rings is 1. The highest BCUT2D eigenvalue weighted by Gasteiger charge is 2.34. The second-order valence-corrected chi connectivity index (χ2v) is 5.79. The molecule has 2 rings (SSSR count). The van der Waals surface area contributed by atoms with E-state index in [1.54, 1.807) is 0 Å². The minimum atomic E-state index is -4.67. The van der Waals surface area contributed by atoms with E-state index in [-0.39, 0.29) is 36.5 Å². The number of hydrogen-bond donors (Lipinski definition) is 1. The van der Waals surface area contributed by atoms with Crippen molar-refractivity contribution in [3.63, 3.8) is 0 Å². The number of carbonyl (C=O) groups is 3. The number of rotatable bonds is 5. The van der Waals surface area contributed by atoms with Crippen LogP contribution in [0.1, 0.15) is 35.2 Å². The van der Waals surface area contributed by atoms with Gasteiger partial charge in [-0.1, -0.05) is 0 Å². The Balaban J connectivity index is 2.37. The first-order valence-corrected chi connectivity index (χ1v) is 7.59. The van der Waals surface area contributed by atoms with Crippen molar-refractivity contribution < 1.29 is 32.7 Å². The average molecular weight is 358 g/mol. The molecule has 9 heteroatoms. The minimum Gasteiger partial charge on any atom is -0.481 e. The fraction of sp³-hybridized carbons (Fsp3) is 0.438. The molecule has 0 aliphatic carbocycles. The summed E-state index contributed by atoms with van der Waals surface area (Å²) < 4.78 is 39.4. The molecule has 0 aromatic heterocycles. The predicted molar refractivity (Wildman–Crippen MR) is 82.2 cm³/mol. The van der Waals surface area contributed by atoms with E-state index in [1.807, 2.05) is 0 Å². The number of carboxylic acids is 1. The summed E-state index contributed by atoms with van der Waals surface area (Å²) in [4.78, 5) is 37.0. The van der Waals surface area contributed by atoms with Gasteiger partial charge in [-0.25, -0.2) is 0 Å². The Hall–Kier alpha value is -2.58. The van der Waals surface area contributed by atoms with Crippen LogP contribution in [0.15, 0.2) is 18.2 Å². The summed E-state index contributed by atoms with van der Waals surface area (Å²) in [5, 5.41) is 8.65. The number of carbonyl (C=O) groups excluding carboxylic acids is 2. The lowest BCUT2D eigenvalue weighted by atomic mass is 10.1. The predicted octanol–water partition coefficient (Wildman–Crippen LogP) is 2.38. The first-order chi connectivity index (χ1) is 11.6. The van der Waals surface area contributed by atoms with Gasteiger partial charge >= 0.3 is 12.1 Å². The van der Waals surface area contributed by atoms with E-state index in [2.05, 4.69) is 0 Å². The molecule has 6 nitrogen and oxygen atoms in total. The Morgan fingerprint density at radius 3 is 2.48 bits per heavy atom. The molecule has 0 saturated carbocycles. The topological polar surface area (TPSA) is 77.9 Å². The summed E-state index contributed by atoms with van der Waals surface area (Å²) >= 11 is 0. The second kappa shape index (κ2) is 7.12. The standard InChI is InChI=1S/C16H17F3N2O4/c1-20(6-4-14(23)24)15(25)10-7-11(16(17,18)19)9-12(8-10)21-5-2-3-13(21)22/h7-9H,2-6H2,1H3,(H,23,24). The largest absolute Gasteiger partial charge is 0.481 e. The van der Waals surface area contributed by atoms with Crippen molar-refractivity contribution in [2.45, 2.75) is 25.4 Å². The first-order valence-electron chi connectivity index (χ1n) is 7.59. The molecule has 0 unspecified atom stereocenters. The molecule has 1 fully saturated rings. The molecule has 1 aliphatic heterocycles. The summed E-state index contributed by atoms with van der Waals surface area (Å²) in [6.07, 6.45) is -4.21. The molecule has 1 heterocycles. The monoisotopic (exact) mass is 358 g/mol. The lowest BCUT2D eigenvalue weighted by molar-refractivity contribution is -0.138. The minimum absolute atomic E-state index is 0.0207. The quantitative estimate of drug-likeness (QED) is 0.877. The van der Waals surface area contributed by atoms with Gasteiger partial charge in [-0.05, 0) is 24.6 Å². The highest BCUT2D eigenvalue weighted by atomic mass is 19.4. The molecule has 1 aromatic rings. The van der Waals surface area contributed by atoms with Gasteiger partial charge in [0, 0.05) is 37.8 Å². The van der Waals surface area contributed by atoms with E-state index >= 15 is 0 Å². The van der Waals surface area contributed by atoms with Gasteiger partial charge in [0.15, 0.2) is 0 Å². The Kier molecular flexibility index (Phi) is 5.34. The van der Waals surface area contributed by atoms with E-state index in [0.29, 0.717) is 19.0 Å². The molecule has 0 atom stereocenters. The van der Waals surface area contributed by atoms with E-state index < -0.39 is 23.6 Å². The Bertz CT molecular complexity index is 703. The van der Waals surface area contributed by atoms with Gasteiger partial charge < -0.3 is 14.9 Å². The maximum Gasteiger partial charge on any atom is 0.416 e. The summed E-state index contributed by atoms with van der Waals surface area (Å²) in [7, 11) is 1.31. The van der Waals surface area contributed by atoms with Gasteiger partial charge in [-0.2, -0.15) is 13.2 Å². The van der Waals surface area contributed by atoms with Crippen molar-refractivity contribution in [1.82, 2.24) is 4.90 Å². The fourth-order valence-corrected chi connectivity index (χ4v) is 2.56. The summed E-state index contributed by atoms with van der Waals surface area (Å²) in [6.45, 7) is 0.158. The van der Waals surface area contributed by atoms with Crippen LogP contribution in [0.2, 0.25) is 0 Å². The Morgan fingerprint density at radius 2 is 1.96 bits per heavy atom. The van der Waals surface area contributed by atoms with Crippen LogP contribution in [0.4, 0.5) is 18.9 Å². The zero-order chi connectivity index (χ0) is 18.8. The van der Waals surface area contributed by atoms with E-state index in [0.717, 1.165) is 11.0 Å². The average Bonchev–Trinajstić information content (AvgIpc) is 2.96. The van der Waals surface area contributed by atoms with E-state index in [4.69, 9.17) is 5.11 Å². The molecular weight excluding hydrogens is 341 g/mol. The number of aliphatic carboxylic acids is 1. The maximum atomic E-state index is 13.1. The van der Waals surface area contributed by atoms with Gasteiger partial charge in [0.1, 0.15) is 0 Å². The number of anilines is 1. The number of alkyl halides is 3. The number of carboxylic acid groups (broad SMARTS) is 1. The maximum absolute atomic E-state index is 13.1. The van der Waals surface area contributed by atoms with Crippen molar-refractivity contribution in [3.05, 3.63) is 29.3 Å². The van der Waals surface area contributed by atoms with E-state index in [9.17, 15) is 27.6 Å². The van der Waals surface area contributed by atoms with Crippen LogP contribution in [0.3, 0.4) is 0 Å². The fourth-order valence-electron chi connectivity index (χ4n) is 2.56. The summed E-state index contributed by atoms with van der Waals surface area (Å²) in [5.41, 5.74) is -1.25. The SMILES string of the molecule is CN(CCC(=O)O)C(=O)c1cc(N2CCCC2=O)cc(C(F)(F)F)c1. The zero-order valence-corrected chi connectivity index (χ0v) is 13.5. The van der Waals surface area contributed by atoms with Gasteiger partial charge in [0.05, 0.1) is 12.0 Å². The number of amides is 2. The van der Waals surface area contributed by atoms with Crippen molar-refractivity contribution in [1.29, 1.82) is 0 Å². The molecule has 0 spiro atoms. The van der Waals surface area contributed by atoms with Crippen molar-refractivity contribution in [2.24, 2.45) is 0 Å². The first kappa shape index (κ1) is 18.8. The smallest absolute Gasteiger partial charge is 0.416 e. The van der Waals surface area contributed by atoms with Crippen LogP contribution >= 0.6 is 0 Å². The van der Waals surface area contributed by atoms with Crippen molar-refractivity contribution >= 4 is 23.5 Å². The third-order valence-corrected chi connectivity index (χ3v) is 3.88. The van der Waals surface area contributed by atoms with Gasteiger partial charge in [0.2, 0.25) is 5.91 Å². The van der Waals surface area contributed by atoms with Crippen LogP contribution < -0.4 is 4.90 Å². The third kappa shape index (κ3) is 4.49. The molecule has 1 aromatic carbocycles. The van der Waals surface area contributed by atoms with Crippen LogP contribution in [0, 0.1) is 0 Å². The molecule has 25 heavy (non-hydrogen) atoms. The van der Waals surface area contributed by atoms with Crippen molar-refractivity contribution in [3.8, 4) is 0 Å². The van der Waals surface area contributed by atoms with Crippen LogP contribution in [-0.2, 0) is 15.8 Å². The van der Waals surface area contributed by atoms with E-state index in [1.165, 1.54) is 18.0 Å². The summed E-state index contributed by atoms with van der Waals surface area (Å²) in [6, 6.07) is 2.79. The molecule has 1 aliphatic rings. The lowest BCUT2D eigenvalue weighted by Crippen LogP contribution is -2.30. The van der Waals surface area contributed by atoms with Crippen LogP contribution in [0.5, 0.6) is 0 Å². The normalized spacial score (nSPS) is 14.7. The Labute approximate surface area is 141 Å². The molecular formula is C16H17F3N2O4. The van der Waals surface area contributed by atoms with Gasteiger partial charge in [0.25, 0.3) is 5.91 Å². The molecule has 1 N–H and O–H groups in total. The van der Waals surface area contributed by atoms with Gasteiger partial charge in [-0.3, -0.25) is 14.4 Å². The van der Waals surface area contributed by atoms with Crippen molar-refractivity contribution in [2.75, 3.05) is 25.0 Å². The highest BCUT2D eigenvalue weighted by Crippen LogP contribution is 2.34. The van der Waals surface area contributed by atoms with Gasteiger partial charge in [-0.15, -0.1) is 0 Å². The molecule has 0 radical (unpaired) electrons. The highest BCUT2D eigenvalue weighted by molar-refractivity contribution is 5.99. The number of hydrogen-bond acceptors (Lipinski definition) is 3. The summed E-state index contributed by atoms with van der Waals surface area (Å²) in [5.74, 6) is -2.15. The molecule has 2 amide bonds. The zero-order valence-electron chi connectivity index (χ0n) is 13.5. The second-order valence-electron chi connectivity index (χ2n) is 5.79.